The van der Waals surface area contributed by atoms with Crippen molar-refractivity contribution in [2.45, 2.75) is 30.9 Å². The van der Waals surface area contributed by atoms with Crippen LogP contribution in [0, 0.1) is 6.92 Å². The first-order valence-electron chi connectivity index (χ1n) is 6.90. The van der Waals surface area contributed by atoms with Crippen LogP contribution >= 0.6 is 0 Å². The molecule has 1 aromatic heterocycles. The molecule has 21 heavy (non-hydrogen) atoms. The summed E-state index contributed by atoms with van der Waals surface area (Å²) < 4.78 is 53.6. The number of rotatable bonds is 3. The lowest BCUT2D eigenvalue weighted by atomic mass is 9.95. The summed E-state index contributed by atoms with van der Waals surface area (Å²) in [7, 11) is -6.62. The van der Waals surface area contributed by atoms with E-state index in [0.29, 0.717) is 25.9 Å². The van der Waals surface area contributed by atoms with Gasteiger partial charge in [0.05, 0.1) is 17.2 Å². The van der Waals surface area contributed by atoms with Crippen LogP contribution in [-0.2, 0) is 19.9 Å². The Bertz CT molecular complexity index is 717. The lowest BCUT2D eigenvalue weighted by molar-refractivity contribution is 0.274. The van der Waals surface area contributed by atoms with E-state index in [1.807, 2.05) is 13.0 Å². The molecule has 0 saturated carbocycles. The number of nitrogens with zero attached hydrogens (tertiary/aromatic N) is 2. The molecule has 3 heterocycles. The molecule has 3 rings (SSSR count). The van der Waals surface area contributed by atoms with Crippen molar-refractivity contribution >= 4 is 19.9 Å². The van der Waals surface area contributed by atoms with Crippen LogP contribution in [0.25, 0.3) is 0 Å². The van der Waals surface area contributed by atoms with Crippen LogP contribution in [0.15, 0.2) is 10.6 Å². The largest absolute Gasteiger partial charge is 0.361 e. The molecule has 7 nitrogen and oxygen atoms in total. The van der Waals surface area contributed by atoms with Crippen LogP contribution in [0.2, 0.25) is 0 Å². The van der Waals surface area contributed by atoms with Crippen molar-refractivity contribution < 1.29 is 21.4 Å². The van der Waals surface area contributed by atoms with Gasteiger partial charge in [-0.1, -0.05) is 5.16 Å². The number of hydrogen-bond donors (Lipinski definition) is 0. The molecule has 2 saturated heterocycles. The summed E-state index contributed by atoms with van der Waals surface area (Å²) in [6.07, 6.45) is 1.35. The van der Waals surface area contributed by atoms with Crippen molar-refractivity contribution in [2.75, 3.05) is 24.6 Å². The zero-order valence-corrected chi connectivity index (χ0v) is 13.4. The van der Waals surface area contributed by atoms with Crippen molar-refractivity contribution in [3.8, 4) is 0 Å². The van der Waals surface area contributed by atoms with E-state index in [1.165, 1.54) is 4.31 Å². The highest BCUT2D eigenvalue weighted by Crippen LogP contribution is 2.31. The number of aromatic nitrogens is 1. The third-order valence-corrected chi connectivity index (χ3v) is 8.67. The van der Waals surface area contributed by atoms with Crippen molar-refractivity contribution in [3.05, 3.63) is 17.5 Å². The minimum atomic E-state index is -3.49. The van der Waals surface area contributed by atoms with Crippen molar-refractivity contribution in [2.24, 2.45) is 0 Å². The molecule has 0 spiro atoms. The van der Waals surface area contributed by atoms with Gasteiger partial charge < -0.3 is 4.52 Å². The first-order chi connectivity index (χ1) is 9.78. The Kier molecular flexibility index (Phi) is 3.61. The summed E-state index contributed by atoms with van der Waals surface area (Å²) in [5.74, 6) is 0.506. The van der Waals surface area contributed by atoms with E-state index in [9.17, 15) is 16.8 Å². The van der Waals surface area contributed by atoms with E-state index in [1.54, 1.807) is 0 Å². The molecular weight excluding hydrogens is 316 g/mol. The monoisotopic (exact) mass is 334 g/mol. The summed E-state index contributed by atoms with van der Waals surface area (Å²) in [6.45, 7) is 2.66. The van der Waals surface area contributed by atoms with Gasteiger partial charge in [-0.25, -0.2) is 21.1 Å². The van der Waals surface area contributed by atoms with E-state index in [0.717, 1.165) is 11.5 Å². The van der Waals surface area contributed by atoms with Crippen LogP contribution in [0.3, 0.4) is 0 Å². The first kappa shape index (κ1) is 15.0. The minimum absolute atomic E-state index is 0.183. The lowest BCUT2D eigenvalue weighted by Crippen LogP contribution is -2.53. The predicted molar refractivity (Wildman–Crippen MR) is 76.1 cm³/mol. The van der Waals surface area contributed by atoms with Crippen molar-refractivity contribution in [3.63, 3.8) is 0 Å². The average molecular weight is 334 g/mol. The van der Waals surface area contributed by atoms with Gasteiger partial charge in [-0.3, -0.25) is 0 Å². The molecule has 0 atom stereocenters. The van der Waals surface area contributed by atoms with E-state index in [2.05, 4.69) is 5.16 Å². The highest BCUT2D eigenvalue weighted by Gasteiger charge is 2.46. The summed E-state index contributed by atoms with van der Waals surface area (Å²) in [5.41, 5.74) is 0.819. The molecule has 0 bridgehead atoms. The Morgan fingerprint density at radius 3 is 2.38 bits per heavy atom. The molecular formula is C12H18N2O5S2. The molecule has 0 N–H and O–H groups in total. The molecule has 0 aromatic carbocycles. The zero-order valence-electron chi connectivity index (χ0n) is 11.7. The summed E-state index contributed by atoms with van der Waals surface area (Å²) >= 11 is 0. The molecule has 0 unspecified atom stereocenters. The highest BCUT2D eigenvalue weighted by molar-refractivity contribution is 7.98. The number of sulfonamides is 1. The van der Waals surface area contributed by atoms with Crippen LogP contribution in [0.1, 0.15) is 30.2 Å². The van der Waals surface area contributed by atoms with Gasteiger partial charge >= 0.3 is 0 Å². The lowest BCUT2D eigenvalue weighted by Gasteiger charge is -2.35. The molecule has 0 amide bonds. The maximum atomic E-state index is 12.3. The van der Waals surface area contributed by atoms with Crippen LogP contribution < -0.4 is 0 Å². The third kappa shape index (κ3) is 2.86. The molecule has 2 aliphatic rings. The fraction of sp³-hybridized carbons (Fsp3) is 0.750. The molecule has 2 fully saturated rings. The van der Waals surface area contributed by atoms with Gasteiger partial charge in [0.25, 0.3) is 0 Å². The van der Waals surface area contributed by atoms with Gasteiger partial charge in [0.1, 0.15) is 11.0 Å². The molecule has 0 aliphatic carbocycles. The Morgan fingerprint density at radius 1 is 1.29 bits per heavy atom. The zero-order chi connectivity index (χ0) is 15.3. The van der Waals surface area contributed by atoms with Crippen molar-refractivity contribution in [1.82, 2.24) is 9.46 Å². The molecule has 9 heteroatoms. The predicted octanol–water partition coefficient (Wildman–Crippen LogP) is 0.289. The summed E-state index contributed by atoms with van der Waals surface area (Å²) in [4.78, 5) is 0. The van der Waals surface area contributed by atoms with Gasteiger partial charge in [0.2, 0.25) is 10.0 Å². The van der Waals surface area contributed by atoms with Gasteiger partial charge in [-0.15, -0.1) is 0 Å². The standard InChI is InChI=1S/C12H18N2O5S2/c1-9-6-12(19-13-9)10-2-4-14(5-3-10)21(17,18)11-7-20(15,16)8-11/h6,10-11H,2-5,7-8H2,1H3. The number of piperidine rings is 1. The number of hydrogen-bond acceptors (Lipinski definition) is 6. The van der Waals surface area contributed by atoms with E-state index in [4.69, 9.17) is 4.52 Å². The second-order valence-electron chi connectivity index (χ2n) is 5.79. The maximum absolute atomic E-state index is 12.3. The topological polar surface area (TPSA) is 97.6 Å². The van der Waals surface area contributed by atoms with Crippen molar-refractivity contribution in [1.29, 1.82) is 0 Å². The van der Waals surface area contributed by atoms with Gasteiger partial charge in [0.15, 0.2) is 9.84 Å². The molecule has 0 radical (unpaired) electrons. The quantitative estimate of drug-likeness (QED) is 0.788. The fourth-order valence-electron chi connectivity index (χ4n) is 2.87. The van der Waals surface area contributed by atoms with E-state index < -0.39 is 25.1 Å². The number of aryl methyl sites for hydroxylation is 1. The second kappa shape index (κ2) is 5.06. The van der Waals surface area contributed by atoms with E-state index >= 15 is 0 Å². The first-order valence-corrected chi connectivity index (χ1v) is 10.2. The Hall–Kier alpha value is -0.930. The van der Waals surface area contributed by atoms with Gasteiger partial charge in [0, 0.05) is 25.1 Å². The average Bonchev–Trinajstić information content (AvgIpc) is 2.83. The smallest absolute Gasteiger partial charge is 0.219 e. The fourth-order valence-corrected chi connectivity index (χ4v) is 7.67. The van der Waals surface area contributed by atoms with Gasteiger partial charge in [-0.05, 0) is 19.8 Å². The molecule has 118 valence electrons. The SMILES string of the molecule is Cc1cc(C2CCN(S(=O)(=O)C3CS(=O)(=O)C3)CC2)on1. The Morgan fingerprint density at radius 2 is 1.90 bits per heavy atom. The van der Waals surface area contributed by atoms with Crippen LogP contribution in [0.4, 0.5) is 0 Å². The Balaban J connectivity index is 1.63. The molecule has 1 aromatic rings. The normalized spacial score (nSPS) is 24.8. The summed E-state index contributed by atoms with van der Waals surface area (Å²) in [5, 5.41) is 3.09. The highest BCUT2D eigenvalue weighted by atomic mass is 32.2. The molecule has 2 aliphatic heterocycles. The number of sulfone groups is 1. The maximum Gasteiger partial charge on any atom is 0.219 e. The van der Waals surface area contributed by atoms with Crippen LogP contribution in [-0.4, -0.2) is 56.1 Å². The van der Waals surface area contributed by atoms with E-state index in [-0.39, 0.29) is 17.4 Å². The minimum Gasteiger partial charge on any atom is -0.361 e. The van der Waals surface area contributed by atoms with Gasteiger partial charge in [-0.2, -0.15) is 0 Å². The summed E-state index contributed by atoms with van der Waals surface area (Å²) in [6, 6.07) is 1.88. The van der Waals surface area contributed by atoms with Crippen LogP contribution in [0.5, 0.6) is 0 Å². The second-order valence-corrected chi connectivity index (χ2v) is 10.2. The third-order valence-electron chi connectivity index (χ3n) is 4.16. The Labute approximate surface area is 124 Å².